The van der Waals surface area contributed by atoms with Crippen LogP contribution in [0, 0.1) is 6.92 Å². The predicted molar refractivity (Wildman–Crippen MR) is 102 cm³/mol. The van der Waals surface area contributed by atoms with Crippen LogP contribution in [0.5, 0.6) is 0 Å². The number of amides is 1. The second-order valence-corrected chi connectivity index (χ2v) is 5.88. The molecule has 0 aliphatic rings. The van der Waals surface area contributed by atoms with Crippen LogP contribution < -0.4 is 16.4 Å². The summed E-state index contributed by atoms with van der Waals surface area (Å²) in [5, 5.41) is 6.46. The molecule has 2 aromatic rings. The Kier molecular flexibility index (Phi) is 7.22. The maximum absolute atomic E-state index is 12.0. The van der Waals surface area contributed by atoms with Gasteiger partial charge < -0.3 is 16.4 Å². The normalized spacial score (nSPS) is 11.2. The van der Waals surface area contributed by atoms with Gasteiger partial charge in [-0.15, -0.1) is 0 Å². The van der Waals surface area contributed by atoms with Crippen molar-refractivity contribution in [3.63, 3.8) is 0 Å². The van der Waals surface area contributed by atoms with Crippen molar-refractivity contribution >= 4 is 29.2 Å². The number of aromatic nitrogens is 1. The van der Waals surface area contributed by atoms with Gasteiger partial charge in [0, 0.05) is 42.0 Å². The SMILES string of the molecule is Cc1c(Cl)cccc1NC(=O)CCN=C(N)NCCc1ccccn1. The summed E-state index contributed by atoms with van der Waals surface area (Å²) in [6.07, 6.45) is 2.76. The van der Waals surface area contributed by atoms with Crippen LogP contribution in [0.1, 0.15) is 17.7 Å². The topological polar surface area (TPSA) is 92.4 Å². The highest BCUT2D eigenvalue weighted by Gasteiger charge is 2.06. The number of nitrogens with one attached hydrogen (secondary N) is 2. The largest absolute Gasteiger partial charge is 0.370 e. The van der Waals surface area contributed by atoms with E-state index >= 15 is 0 Å². The lowest BCUT2D eigenvalue weighted by molar-refractivity contribution is -0.116. The average molecular weight is 360 g/mol. The van der Waals surface area contributed by atoms with Gasteiger partial charge in [0.25, 0.3) is 0 Å². The lowest BCUT2D eigenvalue weighted by atomic mass is 10.2. The Labute approximate surface area is 152 Å². The lowest BCUT2D eigenvalue weighted by Gasteiger charge is -2.09. The van der Waals surface area contributed by atoms with Gasteiger partial charge in [-0.05, 0) is 36.8 Å². The van der Waals surface area contributed by atoms with Crippen molar-refractivity contribution in [1.82, 2.24) is 10.3 Å². The summed E-state index contributed by atoms with van der Waals surface area (Å²) in [6, 6.07) is 11.2. The zero-order valence-corrected chi connectivity index (χ0v) is 14.9. The number of nitrogens with zero attached hydrogens (tertiary/aromatic N) is 2. The molecule has 0 unspecified atom stereocenters. The second kappa shape index (κ2) is 9.64. The summed E-state index contributed by atoms with van der Waals surface area (Å²) < 4.78 is 0. The van der Waals surface area contributed by atoms with Gasteiger partial charge in [0.2, 0.25) is 5.91 Å². The van der Waals surface area contributed by atoms with Crippen molar-refractivity contribution in [2.24, 2.45) is 10.7 Å². The first-order valence-corrected chi connectivity index (χ1v) is 8.42. The van der Waals surface area contributed by atoms with Crippen molar-refractivity contribution in [2.75, 3.05) is 18.4 Å². The van der Waals surface area contributed by atoms with Crippen LogP contribution in [0.15, 0.2) is 47.6 Å². The van der Waals surface area contributed by atoms with E-state index in [4.69, 9.17) is 17.3 Å². The molecular formula is C18H22ClN5O. The minimum atomic E-state index is -0.129. The Morgan fingerprint density at radius 2 is 2.12 bits per heavy atom. The van der Waals surface area contributed by atoms with Crippen molar-refractivity contribution in [1.29, 1.82) is 0 Å². The van der Waals surface area contributed by atoms with Gasteiger partial charge in [-0.25, -0.2) is 0 Å². The molecule has 0 aliphatic heterocycles. The third-order valence-electron chi connectivity index (χ3n) is 3.58. The Morgan fingerprint density at radius 3 is 2.88 bits per heavy atom. The van der Waals surface area contributed by atoms with E-state index in [1.165, 1.54) is 0 Å². The van der Waals surface area contributed by atoms with Gasteiger partial charge >= 0.3 is 0 Å². The van der Waals surface area contributed by atoms with Crippen LogP contribution in [-0.4, -0.2) is 29.9 Å². The fourth-order valence-corrected chi connectivity index (χ4v) is 2.33. The number of hydrogen-bond acceptors (Lipinski definition) is 3. The van der Waals surface area contributed by atoms with Crippen molar-refractivity contribution < 1.29 is 4.79 Å². The van der Waals surface area contributed by atoms with E-state index in [2.05, 4.69) is 20.6 Å². The van der Waals surface area contributed by atoms with E-state index in [0.29, 0.717) is 29.8 Å². The fourth-order valence-electron chi connectivity index (χ4n) is 2.15. The number of carbonyl (C=O) groups excluding carboxylic acids is 1. The molecule has 0 bridgehead atoms. The fraction of sp³-hybridized carbons (Fsp3) is 0.278. The highest BCUT2D eigenvalue weighted by Crippen LogP contribution is 2.22. The molecule has 1 aromatic heterocycles. The first kappa shape index (κ1) is 18.7. The van der Waals surface area contributed by atoms with Crippen LogP contribution >= 0.6 is 11.6 Å². The van der Waals surface area contributed by atoms with E-state index in [9.17, 15) is 4.79 Å². The molecule has 2 rings (SSSR count). The summed E-state index contributed by atoms with van der Waals surface area (Å²) in [4.78, 5) is 20.3. The van der Waals surface area contributed by atoms with Crippen molar-refractivity contribution in [3.05, 3.63) is 58.9 Å². The number of anilines is 1. The molecule has 1 aromatic carbocycles. The molecule has 0 aliphatic carbocycles. The Bertz CT molecular complexity index is 734. The number of aliphatic imine (C=N–C) groups is 1. The van der Waals surface area contributed by atoms with Gasteiger partial charge in [-0.1, -0.05) is 23.7 Å². The second-order valence-electron chi connectivity index (χ2n) is 5.48. The first-order chi connectivity index (χ1) is 12.1. The average Bonchev–Trinajstić information content (AvgIpc) is 2.60. The van der Waals surface area contributed by atoms with E-state index in [0.717, 1.165) is 17.7 Å². The van der Waals surface area contributed by atoms with E-state index in [1.807, 2.05) is 31.2 Å². The van der Waals surface area contributed by atoms with Crippen LogP contribution in [0.3, 0.4) is 0 Å². The third kappa shape index (κ3) is 6.43. The molecule has 4 N–H and O–H groups in total. The molecule has 0 saturated carbocycles. The van der Waals surface area contributed by atoms with Crippen LogP contribution in [0.25, 0.3) is 0 Å². The summed E-state index contributed by atoms with van der Waals surface area (Å²) in [6.45, 7) is 2.81. The molecular weight excluding hydrogens is 338 g/mol. The number of halogens is 1. The third-order valence-corrected chi connectivity index (χ3v) is 3.99. The number of pyridine rings is 1. The molecule has 0 radical (unpaired) electrons. The van der Waals surface area contributed by atoms with Gasteiger partial charge in [0.05, 0.1) is 6.54 Å². The monoisotopic (exact) mass is 359 g/mol. The van der Waals surface area contributed by atoms with Crippen LogP contribution in [0.4, 0.5) is 5.69 Å². The number of carbonyl (C=O) groups is 1. The lowest BCUT2D eigenvalue weighted by Crippen LogP contribution is -2.33. The molecule has 1 amide bonds. The zero-order valence-electron chi connectivity index (χ0n) is 14.1. The number of rotatable bonds is 7. The maximum Gasteiger partial charge on any atom is 0.226 e. The molecule has 6 nitrogen and oxygen atoms in total. The van der Waals surface area contributed by atoms with Gasteiger partial charge in [-0.3, -0.25) is 14.8 Å². The Balaban J connectivity index is 1.70. The summed E-state index contributed by atoms with van der Waals surface area (Å²) in [7, 11) is 0. The highest BCUT2D eigenvalue weighted by molar-refractivity contribution is 6.31. The maximum atomic E-state index is 12.0. The molecule has 132 valence electrons. The molecule has 0 atom stereocenters. The molecule has 25 heavy (non-hydrogen) atoms. The van der Waals surface area contributed by atoms with Crippen LogP contribution in [-0.2, 0) is 11.2 Å². The molecule has 1 heterocycles. The molecule has 0 saturated heterocycles. The van der Waals surface area contributed by atoms with Gasteiger partial charge in [0.1, 0.15) is 0 Å². The number of hydrogen-bond donors (Lipinski definition) is 3. The van der Waals surface area contributed by atoms with Crippen molar-refractivity contribution in [3.8, 4) is 0 Å². The minimum absolute atomic E-state index is 0.129. The van der Waals surface area contributed by atoms with Crippen LogP contribution in [0.2, 0.25) is 5.02 Å². The van der Waals surface area contributed by atoms with E-state index in [-0.39, 0.29) is 12.3 Å². The predicted octanol–water partition coefficient (Wildman–Crippen LogP) is 2.52. The van der Waals surface area contributed by atoms with Gasteiger partial charge in [-0.2, -0.15) is 0 Å². The molecule has 0 spiro atoms. The summed E-state index contributed by atoms with van der Waals surface area (Å²) in [5.41, 5.74) is 8.33. The molecule has 7 heteroatoms. The smallest absolute Gasteiger partial charge is 0.226 e. The number of nitrogens with two attached hydrogens (primary N) is 1. The Hall–Kier alpha value is -2.60. The number of guanidine groups is 1. The Morgan fingerprint density at radius 1 is 1.28 bits per heavy atom. The molecule has 0 fully saturated rings. The number of benzene rings is 1. The van der Waals surface area contributed by atoms with E-state index < -0.39 is 0 Å². The van der Waals surface area contributed by atoms with Gasteiger partial charge in [0.15, 0.2) is 5.96 Å². The highest BCUT2D eigenvalue weighted by atomic mass is 35.5. The standard InChI is InChI=1S/C18H22ClN5O/c1-13-15(19)6-4-7-16(13)24-17(25)9-12-23-18(20)22-11-8-14-5-2-3-10-21-14/h2-7,10H,8-9,11-12H2,1H3,(H,24,25)(H3,20,22,23). The first-order valence-electron chi connectivity index (χ1n) is 8.05. The summed E-state index contributed by atoms with van der Waals surface area (Å²) >= 11 is 6.03. The zero-order chi connectivity index (χ0) is 18.1. The minimum Gasteiger partial charge on any atom is -0.370 e. The summed E-state index contributed by atoms with van der Waals surface area (Å²) in [5.74, 6) is 0.193. The van der Waals surface area contributed by atoms with E-state index in [1.54, 1.807) is 18.3 Å². The van der Waals surface area contributed by atoms with Crippen molar-refractivity contribution in [2.45, 2.75) is 19.8 Å². The quantitative estimate of drug-likeness (QED) is 0.523.